The lowest BCUT2D eigenvalue weighted by atomic mass is 10.1. The zero-order valence-corrected chi connectivity index (χ0v) is 15.3. The van der Waals surface area contributed by atoms with Crippen LogP contribution in [0.3, 0.4) is 0 Å². The molecule has 0 radical (unpaired) electrons. The van der Waals surface area contributed by atoms with Crippen molar-refractivity contribution >= 4 is 40.0 Å². The molecule has 0 fully saturated rings. The summed E-state index contributed by atoms with van der Waals surface area (Å²) in [6.07, 6.45) is -0.790. The van der Waals surface area contributed by atoms with E-state index in [0.717, 1.165) is 10.8 Å². The van der Waals surface area contributed by atoms with Crippen molar-refractivity contribution < 1.29 is 14.3 Å². The first-order chi connectivity index (χ1) is 13.0. The van der Waals surface area contributed by atoms with Crippen LogP contribution in [0.1, 0.15) is 6.92 Å². The fourth-order valence-corrected chi connectivity index (χ4v) is 2.54. The average molecular weight is 384 g/mol. The van der Waals surface area contributed by atoms with Gasteiger partial charge in [0, 0.05) is 10.7 Å². The quantitative estimate of drug-likeness (QED) is 0.593. The SMILES string of the molecule is C[C@H](Oc1ccc2ccccc2c1)C(=O)NNC(=O)Nc1ccc(Cl)cc1. The summed E-state index contributed by atoms with van der Waals surface area (Å²) in [6, 6.07) is 19.5. The number of rotatable bonds is 4. The maximum absolute atomic E-state index is 12.1. The van der Waals surface area contributed by atoms with Crippen molar-refractivity contribution in [2.45, 2.75) is 13.0 Å². The van der Waals surface area contributed by atoms with Gasteiger partial charge in [0.15, 0.2) is 6.10 Å². The molecule has 0 aliphatic rings. The number of urea groups is 1. The normalized spacial score (nSPS) is 11.5. The van der Waals surface area contributed by atoms with Gasteiger partial charge in [0.25, 0.3) is 5.91 Å². The number of benzene rings is 3. The molecule has 0 saturated heterocycles. The van der Waals surface area contributed by atoms with Crippen LogP contribution in [0, 0.1) is 0 Å². The van der Waals surface area contributed by atoms with Crippen LogP contribution in [0.5, 0.6) is 5.75 Å². The predicted molar refractivity (Wildman–Crippen MR) is 106 cm³/mol. The Bertz CT molecular complexity index is 960. The minimum Gasteiger partial charge on any atom is -0.481 e. The van der Waals surface area contributed by atoms with E-state index in [2.05, 4.69) is 16.2 Å². The Morgan fingerprint density at radius 2 is 1.63 bits per heavy atom. The Morgan fingerprint density at radius 3 is 2.37 bits per heavy atom. The van der Waals surface area contributed by atoms with Crippen LogP contribution < -0.4 is 20.9 Å². The Hall–Kier alpha value is -3.25. The second kappa shape index (κ2) is 8.42. The van der Waals surface area contributed by atoms with Gasteiger partial charge in [-0.25, -0.2) is 10.2 Å². The van der Waals surface area contributed by atoms with Crippen LogP contribution in [0.2, 0.25) is 5.02 Å². The van der Waals surface area contributed by atoms with Gasteiger partial charge >= 0.3 is 6.03 Å². The standard InChI is InChI=1S/C20H18ClN3O3/c1-13(27-18-11-6-14-4-2-3-5-15(14)12-18)19(25)23-24-20(26)22-17-9-7-16(21)8-10-17/h2-13H,1H3,(H,23,25)(H2,22,24,26)/t13-/m0/s1. The molecule has 0 bridgehead atoms. The minimum atomic E-state index is -0.790. The van der Waals surface area contributed by atoms with Gasteiger partial charge in [0.1, 0.15) is 5.75 Å². The summed E-state index contributed by atoms with van der Waals surface area (Å²) >= 11 is 5.79. The zero-order valence-electron chi connectivity index (χ0n) is 14.5. The fourth-order valence-electron chi connectivity index (χ4n) is 2.41. The fraction of sp³-hybridized carbons (Fsp3) is 0.100. The maximum atomic E-state index is 12.1. The molecule has 0 heterocycles. The van der Waals surface area contributed by atoms with E-state index in [1.165, 1.54) is 0 Å². The first kappa shape index (κ1) is 18.5. The molecule has 27 heavy (non-hydrogen) atoms. The van der Waals surface area contributed by atoms with Gasteiger partial charge < -0.3 is 10.1 Å². The van der Waals surface area contributed by atoms with Gasteiger partial charge in [-0.15, -0.1) is 0 Å². The summed E-state index contributed by atoms with van der Waals surface area (Å²) in [6.45, 7) is 1.60. The molecule has 3 aromatic carbocycles. The summed E-state index contributed by atoms with van der Waals surface area (Å²) < 4.78 is 5.65. The third-order valence-corrected chi connectivity index (χ3v) is 4.06. The van der Waals surface area contributed by atoms with Crippen LogP contribution in [0.15, 0.2) is 66.7 Å². The van der Waals surface area contributed by atoms with Crippen molar-refractivity contribution in [3.05, 3.63) is 71.8 Å². The molecular formula is C20H18ClN3O3. The molecule has 0 spiro atoms. The monoisotopic (exact) mass is 383 g/mol. The second-order valence-corrected chi connectivity index (χ2v) is 6.28. The largest absolute Gasteiger partial charge is 0.481 e. The molecule has 3 aromatic rings. The molecule has 0 aliphatic heterocycles. The van der Waals surface area contributed by atoms with E-state index in [0.29, 0.717) is 16.5 Å². The summed E-state index contributed by atoms with van der Waals surface area (Å²) in [5.41, 5.74) is 5.15. The predicted octanol–water partition coefficient (Wildman–Crippen LogP) is 4.11. The number of amides is 3. The van der Waals surface area contributed by atoms with Gasteiger partial charge in [0.05, 0.1) is 0 Å². The second-order valence-electron chi connectivity index (χ2n) is 5.84. The number of carbonyl (C=O) groups excluding carboxylic acids is 2. The highest BCUT2D eigenvalue weighted by Gasteiger charge is 2.15. The molecule has 3 rings (SSSR count). The summed E-state index contributed by atoms with van der Waals surface area (Å²) in [5, 5.41) is 5.24. The number of anilines is 1. The van der Waals surface area contributed by atoms with E-state index in [4.69, 9.17) is 16.3 Å². The van der Waals surface area contributed by atoms with Crippen LogP contribution >= 0.6 is 11.6 Å². The number of fused-ring (bicyclic) bond motifs is 1. The van der Waals surface area contributed by atoms with Gasteiger partial charge in [-0.3, -0.25) is 10.2 Å². The van der Waals surface area contributed by atoms with Crippen LogP contribution in [-0.4, -0.2) is 18.0 Å². The van der Waals surface area contributed by atoms with Crippen molar-refractivity contribution in [2.24, 2.45) is 0 Å². The van der Waals surface area contributed by atoms with Crippen LogP contribution in [0.25, 0.3) is 10.8 Å². The summed E-state index contributed by atoms with van der Waals surface area (Å²) in [7, 11) is 0. The molecule has 1 atom stereocenters. The number of hydrogen-bond acceptors (Lipinski definition) is 3. The van der Waals surface area contributed by atoms with Crippen molar-refractivity contribution in [1.82, 2.24) is 10.9 Å². The van der Waals surface area contributed by atoms with Gasteiger partial charge in [0.2, 0.25) is 0 Å². The molecule has 7 heteroatoms. The molecule has 0 unspecified atom stereocenters. The molecule has 0 saturated carbocycles. The minimum absolute atomic E-state index is 0.477. The lowest BCUT2D eigenvalue weighted by molar-refractivity contribution is -0.127. The molecule has 3 amide bonds. The van der Waals surface area contributed by atoms with Gasteiger partial charge in [-0.2, -0.15) is 0 Å². The van der Waals surface area contributed by atoms with E-state index in [-0.39, 0.29) is 0 Å². The molecule has 3 N–H and O–H groups in total. The van der Waals surface area contributed by atoms with E-state index < -0.39 is 18.0 Å². The highest BCUT2D eigenvalue weighted by molar-refractivity contribution is 6.30. The highest BCUT2D eigenvalue weighted by atomic mass is 35.5. The Balaban J connectivity index is 1.50. The van der Waals surface area contributed by atoms with E-state index >= 15 is 0 Å². The smallest absolute Gasteiger partial charge is 0.337 e. The van der Waals surface area contributed by atoms with Crippen molar-refractivity contribution in [2.75, 3.05) is 5.32 Å². The van der Waals surface area contributed by atoms with Gasteiger partial charge in [-0.1, -0.05) is 41.9 Å². The number of halogens is 1. The average Bonchev–Trinajstić information content (AvgIpc) is 2.67. The third kappa shape index (κ3) is 5.12. The third-order valence-electron chi connectivity index (χ3n) is 3.80. The van der Waals surface area contributed by atoms with E-state index in [9.17, 15) is 9.59 Å². The zero-order chi connectivity index (χ0) is 19.2. The molecule has 6 nitrogen and oxygen atoms in total. The first-order valence-corrected chi connectivity index (χ1v) is 8.67. The van der Waals surface area contributed by atoms with Crippen molar-refractivity contribution in [1.29, 1.82) is 0 Å². The topological polar surface area (TPSA) is 79.5 Å². The molecule has 138 valence electrons. The van der Waals surface area contributed by atoms with Crippen molar-refractivity contribution in [3.8, 4) is 5.75 Å². The number of hydrazine groups is 1. The van der Waals surface area contributed by atoms with Crippen molar-refractivity contribution in [3.63, 3.8) is 0 Å². The number of hydrogen-bond donors (Lipinski definition) is 3. The summed E-state index contributed by atoms with van der Waals surface area (Å²) in [5.74, 6) is 0.0939. The maximum Gasteiger partial charge on any atom is 0.337 e. The van der Waals surface area contributed by atoms with Gasteiger partial charge in [-0.05, 0) is 54.1 Å². The Kier molecular flexibility index (Phi) is 5.78. The van der Waals surface area contributed by atoms with E-state index in [1.807, 2.05) is 36.4 Å². The summed E-state index contributed by atoms with van der Waals surface area (Å²) in [4.78, 5) is 23.9. The van der Waals surface area contributed by atoms with Crippen LogP contribution in [-0.2, 0) is 4.79 Å². The Labute approximate surface area is 161 Å². The Morgan fingerprint density at radius 1 is 0.926 bits per heavy atom. The molecular weight excluding hydrogens is 366 g/mol. The number of carbonyl (C=O) groups is 2. The van der Waals surface area contributed by atoms with E-state index in [1.54, 1.807) is 37.3 Å². The first-order valence-electron chi connectivity index (χ1n) is 8.29. The molecule has 0 aliphatic carbocycles. The molecule has 0 aromatic heterocycles. The number of ether oxygens (including phenoxy) is 1. The highest BCUT2D eigenvalue weighted by Crippen LogP contribution is 2.21. The lowest BCUT2D eigenvalue weighted by Crippen LogP contribution is -2.48. The number of nitrogens with one attached hydrogen (secondary N) is 3. The lowest BCUT2D eigenvalue weighted by Gasteiger charge is -2.16. The van der Waals surface area contributed by atoms with Crippen LogP contribution in [0.4, 0.5) is 10.5 Å².